The molecule has 35 heavy (non-hydrogen) atoms. The molecule has 0 N–H and O–H groups in total. The van der Waals surface area contributed by atoms with E-state index in [9.17, 15) is 14.9 Å². The summed E-state index contributed by atoms with van der Waals surface area (Å²) in [5.74, 6) is -0.237. The number of nitro benzene ring substituents is 1. The van der Waals surface area contributed by atoms with Gasteiger partial charge in [0, 0.05) is 23.0 Å². The number of hydrogen-bond acceptors (Lipinski definition) is 8. The van der Waals surface area contributed by atoms with Gasteiger partial charge in [0.25, 0.3) is 5.69 Å². The number of benzene rings is 3. The highest BCUT2D eigenvalue weighted by atomic mass is 79.9. The number of anilines is 2. The molecule has 0 aliphatic carbocycles. The van der Waals surface area contributed by atoms with Gasteiger partial charge < -0.3 is 0 Å². The van der Waals surface area contributed by atoms with E-state index >= 15 is 0 Å². The van der Waals surface area contributed by atoms with Crippen LogP contribution in [0.4, 0.5) is 17.1 Å². The summed E-state index contributed by atoms with van der Waals surface area (Å²) in [7, 11) is 0. The average molecular weight is 548 g/mol. The second kappa shape index (κ2) is 9.12. The van der Waals surface area contributed by atoms with Crippen molar-refractivity contribution in [3.05, 3.63) is 111 Å². The third-order valence-electron chi connectivity index (χ3n) is 5.46. The van der Waals surface area contributed by atoms with E-state index in [1.54, 1.807) is 23.2 Å². The van der Waals surface area contributed by atoms with Crippen LogP contribution in [-0.2, 0) is 4.79 Å². The number of allylic oxidation sites excluding steroid dienone is 1. The minimum atomic E-state index is -1.17. The standard InChI is InChI=1S/C25H18BrN5O3S/c1-17(32)24-28-30(22-9-5-6-10-23(22)31(33)34)25(35-24)16-15-21(18-11-13-19(26)14-12-18)27-29(25)20-7-3-2-4-8-20/h2-16H,1H3/t25-/m1/s1. The number of carbonyl (C=O) groups is 1. The topological polar surface area (TPSA) is 91.4 Å². The molecular weight excluding hydrogens is 530 g/mol. The van der Waals surface area contributed by atoms with Crippen LogP contribution >= 0.6 is 27.7 Å². The van der Waals surface area contributed by atoms with E-state index in [-0.39, 0.29) is 22.2 Å². The molecule has 3 aromatic carbocycles. The maximum Gasteiger partial charge on any atom is 0.294 e. The number of para-hydroxylation sites is 3. The normalized spacial score (nSPS) is 19.0. The van der Waals surface area contributed by atoms with E-state index in [0.717, 1.165) is 15.7 Å². The Morgan fingerprint density at radius 1 is 0.971 bits per heavy atom. The SMILES string of the molecule is CC(=O)C1=NN(c2ccccc2[N+](=O)[O-])[C@]2(C=CC(c3ccc(Br)cc3)=NN2c2ccccc2)S1. The van der Waals surface area contributed by atoms with Crippen molar-refractivity contribution in [3.63, 3.8) is 0 Å². The zero-order chi connectivity index (χ0) is 24.6. The molecule has 0 radical (unpaired) electrons. The molecule has 0 unspecified atom stereocenters. The number of ketones is 1. The van der Waals surface area contributed by atoms with Crippen LogP contribution < -0.4 is 10.0 Å². The van der Waals surface area contributed by atoms with E-state index in [1.807, 2.05) is 66.7 Å². The minimum absolute atomic E-state index is 0.120. The van der Waals surface area contributed by atoms with Crippen molar-refractivity contribution in [3.8, 4) is 0 Å². The van der Waals surface area contributed by atoms with Crippen LogP contribution in [0.5, 0.6) is 0 Å². The Morgan fingerprint density at radius 3 is 2.34 bits per heavy atom. The van der Waals surface area contributed by atoms with Crippen LogP contribution in [0, 0.1) is 10.1 Å². The quantitative estimate of drug-likeness (QED) is 0.289. The van der Waals surface area contributed by atoms with Gasteiger partial charge in [-0.15, -0.1) is 0 Å². The molecule has 2 heterocycles. The number of thioether (sulfide) groups is 1. The van der Waals surface area contributed by atoms with Crippen molar-refractivity contribution in [2.45, 2.75) is 11.9 Å². The number of hydrazone groups is 2. The molecule has 10 heteroatoms. The largest absolute Gasteiger partial charge is 0.294 e. The molecule has 8 nitrogen and oxygen atoms in total. The summed E-state index contributed by atoms with van der Waals surface area (Å²) >= 11 is 4.65. The molecule has 0 fully saturated rings. The molecule has 0 bridgehead atoms. The summed E-state index contributed by atoms with van der Waals surface area (Å²) in [6.45, 7) is 1.43. The Morgan fingerprint density at radius 2 is 1.66 bits per heavy atom. The molecule has 1 atom stereocenters. The van der Waals surface area contributed by atoms with Crippen LogP contribution in [-0.4, -0.2) is 26.5 Å². The van der Waals surface area contributed by atoms with E-state index in [4.69, 9.17) is 5.10 Å². The van der Waals surface area contributed by atoms with Crippen LogP contribution in [0.3, 0.4) is 0 Å². The first-order chi connectivity index (χ1) is 16.9. The van der Waals surface area contributed by atoms with Crippen LogP contribution in [0.25, 0.3) is 0 Å². The summed E-state index contributed by atoms with van der Waals surface area (Å²) in [5, 5.41) is 24.9. The summed E-state index contributed by atoms with van der Waals surface area (Å²) in [6.07, 6.45) is 3.74. The molecule has 1 spiro atoms. The van der Waals surface area contributed by atoms with Gasteiger partial charge >= 0.3 is 0 Å². The summed E-state index contributed by atoms with van der Waals surface area (Å²) in [4.78, 5) is 22.7. The fourth-order valence-electron chi connectivity index (χ4n) is 3.83. The van der Waals surface area contributed by atoms with Gasteiger partial charge in [-0.2, -0.15) is 10.2 Å². The van der Waals surface area contributed by atoms with Gasteiger partial charge in [-0.05, 0) is 54.2 Å². The van der Waals surface area contributed by atoms with Crippen molar-refractivity contribution in [2.24, 2.45) is 10.2 Å². The smallest absolute Gasteiger partial charge is 0.292 e. The van der Waals surface area contributed by atoms with Gasteiger partial charge in [0.1, 0.15) is 5.69 Å². The molecule has 3 aromatic rings. The Labute approximate surface area is 213 Å². The Hall–Kier alpha value is -3.76. The zero-order valence-corrected chi connectivity index (χ0v) is 20.8. The maximum absolute atomic E-state index is 12.4. The molecule has 0 saturated heterocycles. The van der Waals surface area contributed by atoms with Gasteiger partial charge in [-0.3, -0.25) is 14.9 Å². The molecular formula is C25H18BrN5O3S. The molecule has 2 aliphatic rings. The fourth-order valence-corrected chi connectivity index (χ4v) is 5.24. The first-order valence-corrected chi connectivity index (χ1v) is 12.2. The van der Waals surface area contributed by atoms with Crippen molar-refractivity contribution in [1.29, 1.82) is 0 Å². The maximum atomic E-state index is 12.4. The second-order valence-electron chi connectivity index (χ2n) is 7.75. The van der Waals surface area contributed by atoms with E-state index in [2.05, 4.69) is 21.0 Å². The lowest BCUT2D eigenvalue weighted by Crippen LogP contribution is -2.54. The Bertz CT molecular complexity index is 1410. The molecule has 5 rings (SSSR count). The third-order valence-corrected chi connectivity index (χ3v) is 7.33. The number of nitrogens with zero attached hydrogens (tertiary/aromatic N) is 5. The molecule has 0 aromatic heterocycles. The average Bonchev–Trinajstić information content (AvgIpc) is 3.25. The monoisotopic (exact) mass is 547 g/mol. The van der Waals surface area contributed by atoms with Gasteiger partial charge in [0.05, 0.1) is 16.3 Å². The zero-order valence-electron chi connectivity index (χ0n) is 18.4. The van der Waals surface area contributed by atoms with Gasteiger partial charge in [-0.1, -0.05) is 58.4 Å². The molecule has 174 valence electrons. The Balaban J connectivity index is 1.71. The van der Waals surface area contributed by atoms with Crippen molar-refractivity contribution in [1.82, 2.24) is 0 Å². The van der Waals surface area contributed by atoms with E-state index in [0.29, 0.717) is 5.71 Å². The summed E-state index contributed by atoms with van der Waals surface area (Å²) in [5.41, 5.74) is 2.47. The number of nitro groups is 1. The lowest BCUT2D eigenvalue weighted by atomic mass is 10.1. The second-order valence-corrected chi connectivity index (χ2v) is 9.86. The predicted molar refractivity (Wildman–Crippen MR) is 143 cm³/mol. The summed E-state index contributed by atoms with van der Waals surface area (Å²) < 4.78 is 0.950. The lowest BCUT2D eigenvalue weighted by Gasteiger charge is -2.43. The number of rotatable bonds is 5. The van der Waals surface area contributed by atoms with Crippen LogP contribution in [0.1, 0.15) is 12.5 Å². The Kier molecular flexibility index (Phi) is 6.00. The first kappa shape index (κ1) is 23.0. The molecule has 0 saturated carbocycles. The van der Waals surface area contributed by atoms with Gasteiger partial charge in [-0.25, -0.2) is 10.0 Å². The first-order valence-electron chi connectivity index (χ1n) is 10.6. The third kappa shape index (κ3) is 4.15. The van der Waals surface area contributed by atoms with Crippen molar-refractivity contribution >= 4 is 61.3 Å². The highest BCUT2D eigenvalue weighted by Gasteiger charge is 2.52. The minimum Gasteiger partial charge on any atom is -0.292 e. The van der Waals surface area contributed by atoms with Crippen molar-refractivity contribution in [2.75, 3.05) is 10.0 Å². The molecule has 0 amide bonds. The predicted octanol–water partition coefficient (Wildman–Crippen LogP) is 5.95. The number of carbonyl (C=O) groups excluding carboxylic acids is 1. The lowest BCUT2D eigenvalue weighted by molar-refractivity contribution is -0.384. The van der Waals surface area contributed by atoms with Gasteiger partial charge in [0.15, 0.2) is 10.8 Å². The number of halogens is 1. The van der Waals surface area contributed by atoms with E-state index < -0.39 is 9.92 Å². The van der Waals surface area contributed by atoms with E-state index in [1.165, 1.54) is 29.8 Å². The van der Waals surface area contributed by atoms with Crippen LogP contribution in [0.15, 0.2) is 106 Å². The summed E-state index contributed by atoms with van der Waals surface area (Å²) in [6, 6.07) is 23.6. The highest BCUT2D eigenvalue weighted by molar-refractivity contribution is 9.10. The van der Waals surface area contributed by atoms with Gasteiger partial charge in [0.2, 0.25) is 4.99 Å². The molecule has 2 aliphatic heterocycles. The number of Topliss-reactive ketones (excluding diaryl/α,β-unsaturated/α-hetero) is 1. The van der Waals surface area contributed by atoms with Crippen LogP contribution in [0.2, 0.25) is 0 Å². The fraction of sp³-hybridized carbons (Fsp3) is 0.0800. The highest BCUT2D eigenvalue weighted by Crippen LogP contribution is 2.49. The van der Waals surface area contributed by atoms with Crippen molar-refractivity contribution < 1.29 is 9.72 Å². The number of hydrogen-bond donors (Lipinski definition) is 0.